The summed E-state index contributed by atoms with van der Waals surface area (Å²) in [7, 11) is 0. The molecule has 270 valence electrons. The lowest BCUT2D eigenvalue weighted by atomic mass is 9.95. The third-order valence-corrected chi connectivity index (χ3v) is 11.6. The molecule has 0 aliphatic carbocycles. The molecular weight excluding hydrogens is 691 g/mol. The van der Waals surface area contributed by atoms with Gasteiger partial charge in [-0.25, -0.2) is 0 Å². The minimum Gasteiger partial charge on any atom is -0.310 e. The lowest BCUT2D eigenvalue weighted by Crippen LogP contribution is -2.09. The molecule has 3 nitrogen and oxygen atoms in total. The highest BCUT2D eigenvalue weighted by molar-refractivity contribution is 6.33. The first kappa shape index (κ1) is 33.0. The van der Waals surface area contributed by atoms with Crippen LogP contribution in [-0.2, 0) is 0 Å². The fraction of sp³-hybridized carbons (Fsp3) is 0.0370. The molecule has 0 aliphatic heterocycles. The third-order valence-electron chi connectivity index (χ3n) is 11.6. The van der Waals surface area contributed by atoms with Crippen molar-refractivity contribution in [2.45, 2.75) is 13.8 Å². The molecule has 57 heavy (non-hydrogen) atoms. The molecular formula is C54H39N3. The van der Waals surface area contributed by atoms with Crippen molar-refractivity contribution in [2.75, 3.05) is 9.80 Å². The normalized spacial score (nSPS) is 11.7. The highest BCUT2D eigenvalue weighted by Crippen LogP contribution is 2.48. The van der Waals surface area contributed by atoms with E-state index in [1.807, 2.05) is 0 Å². The van der Waals surface area contributed by atoms with Crippen LogP contribution in [0.15, 0.2) is 200 Å². The smallest absolute Gasteiger partial charge is 0.0627 e. The van der Waals surface area contributed by atoms with E-state index in [-0.39, 0.29) is 0 Å². The Morgan fingerprint density at radius 1 is 0.351 bits per heavy atom. The lowest BCUT2D eigenvalue weighted by molar-refractivity contribution is 1.27. The number of para-hydroxylation sites is 2. The van der Waals surface area contributed by atoms with Gasteiger partial charge in [-0.3, -0.25) is 0 Å². The summed E-state index contributed by atoms with van der Waals surface area (Å²) < 4.78 is 2.53. The van der Waals surface area contributed by atoms with Crippen molar-refractivity contribution in [3.63, 3.8) is 0 Å². The highest BCUT2D eigenvalue weighted by atomic mass is 15.1. The number of rotatable bonds is 7. The minimum absolute atomic E-state index is 1.12. The zero-order valence-corrected chi connectivity index (χ0v) is 31.9. The van der Waals surface area contributed by atoms with E-state index in [9.17, 15) is 0 Å². The fourth-order valence-corrected chi connectivity index (χ4v) is 8.93. The van der Waals surface area contributed by atoms with Crippen LogP contribution in [0.2, 0.25) is 0 Å². The number of hydrogen-bond acceptors (Lipinski definition) is 2. The quantitative estimate of drug-likeness (QED) is 0.162. The average Bonchev–Trinajstić information content (AvgIpc) is 3.78. The first-order valence-electron chi connectivity index (χ1n) is 19.7. The third kappa shape index (κ3) is 5.35. The van der Waals surface area contributed by atoms with Crippen molar-refractivity contribution >= 4 is 83.0 Å². The summed E-state index contributed by atoms with van der Waals surface area (Å²) in [5, 5.41) is 7.54. The van der Waals surface area contributed by atoms with E-state index >= 15 is 0 Å². The Balaban J connectivity index is 1.23. The van der Waals surface area contributed by atoms with Crippen molar-refractivity contribution in [1.82, 2.24) is 4.40 Å². The Hall–Kier alpha value is -7.36. The standard InChI is InChI=1S/C54H39N3/c1-36-21-26-42(27-22-36)55(40-15-8-4-9-16-40)44-30-25-39-33-49-47-32-31-45(56(41-17-10-5-11-18-41)43-28-23-37(2)24-29-43)35-51(47)57-50-20-12-19-46(38-13-6-3-7-14-38)52(50)53(54(49)57)48(39)34-44/h3-35H,1-2H3. The van der Waals surface area contributed by atoms with Crippen LogP contribution in [0.5, 0.6) is 0 Å². The zero-order valence-electron chi connectivity index (χ0n) is 31.9. The van der Waals surface area contributed by atoms with E-state index in [4.69, 9.17) is 0 Å². The molecule has 3 heteroatoms. The van der Waals surface area contributed by atoms with Crippen LogP contribution in [0.4, 0.5) is 34.1 Å². The second kappa shape index (κ2) is 13.1. The van der Waals surface area contributed by atoms with Crippen LogP contribution in [0.3, 0.4) is 0 Å². The highest BCUT2D eigenvalue weighted by Gasteiger charge is 2.24. The molecule has 0 spiro atoms. The van der Waals surface area contributed by atoms with Gasteiger partial charge in [0.1, 0.15) is 0 Å². The Bertz CT molecular complexity index is 3220. The number of hydrogen-bond donors (Lipinski definition) is 0. The SMILES string of the molecule is Cc1ccc(N(c2ccccc2)c2ccc3cc4c5ccc(N(c6ccccc6)c6ccc(C)cc6)cc5n5c6cccc(-c7ccccc7)c6c(c3c2)c45)cc1. The number of benzene rings is 9. The number of nitrogens with zero attached hydrogens (tertiary/aromatic N) is 3. The van der Waals surface area contributed by atoms with Crippen molar-refractivity contribution < 1.29 is 0 Å². The summed E-state index contributed by atoms with van der Waals surface area (Å²) >= 11 is 0. The molecule has 0 saturated heterocycles. The number of fused-ring (bicyclic) bond motifs is 8. The van der Waals surface area contributed by atoms with E-state index in [1.54, 1.807) is 0 Å². The number of aromatic nitrogens is 1. The Labute approximate surface area is 332 Å². The summed E-state index contributed by atoms with van der Waals surface area (Å²) in [4.78, 5) is 4.74. The maximum absolute atomic E-state index is 2.53. The van der Waals surface area contributed by atoms with Crippen LogP contribution in [0.25, 0.3) is 60.0 Å². The van der Waals surface area contributed by atoms with Gasteiger partial charge in [-0.1, -0.05) is 126 Å². The molecule has 0 fully saturated rings. The summed E-state index contributed by atoms with van der Waals surface area (Å²) in [5.74, 6) is 0. The molecule has 0 unspecified atom stereocenters. The first-order valence-corrected chi connectivity index (χ1v) is 19.7. The van der Waals surface area contributed by atoms with Gasteiger partial charge in [-0.2, -0.15) is 0 Å². The van der Waals surface area contributed by atoms with E-state index in [0.717, 1.165) is 34.1 Å². The lowest BCUT2D eigenvalue weighted by Gasteiger charge is -2.26. The van der Waals surface area contributed by atoms with Gasteiger partial charge in [-0.15, -0.1) is 0 Å². The Morgan fingerprint density at radius 2 is 0.877 bits per heavy atom. The van der Waals surface area contributed by atoms with Crippen LogP contribution in [-0.4, -0.2) is 4.40 Å². The van der Waals surface area contributed by atoms with Crippen molar-refractivity contribution in [3.05, 3.63) is 211 Å². The van der Waals surface area contributed by atoms with Gasteiger partial charge in [0.25, 0.3) is 0 Å². The van der Waals surface area contributed by atoms with Gasteiger partial charge >= 0.3 is 0 Å². The van der Waals surface area contributed by atoms with Gasteiger partial charge in [0.15, 0.2) is 0 Å². The topological polar surface area (TPSA) is 10.9 Å². The fourth-order valence-electron chi connectivity index (χ4n) is 8.93. The van der Waals surface area contributed by atoms with Gasteiger partial charge in [-0.05, 0) is 121 Å². The predicted octanol–water partition coefficient (Wildman–Crippen LogP) is 15.2. The monoisotopic (exact) mass is 729 g/mol. The van der Waals surface area contributed by atoms with Gasteiger partial charge in [0, 0.05) is 55.7 Å². The average molecular weight is 730 g/mol. The predicted molar refractivity (Wildman–Crippen MR) is 243 cm³/mol. The molecule has 2 heterocycles. The number of aryl methyl sites for hydroxylation is 2. The molecule has 0 amide bonds. The maximum Gasteiger partial charge on any atom is 0.0627 e. The minimum atomic E-state index is 1.12. The maximum atomic E-state index is 2.53. The molecule has 11 aromatic rings. The van der Waals surface area contributed by atoms with Crippen LogP contribution in [0.1, 0.15) is 11.1 Å². The molecule has 9 aromatic carbocycles. The molecule has 11 rings (SSSR count). The second-order valence-electron chi connectivity index (χ2n) is 15.2. The second-order valence-corrected chi connectivity index (χ2v) is 15.2. The summed E-state index contributed by atoms with van der Waals surface area (Å²) in [5.41, 5.74) is 15.4. The first-order chi connectivity index (χ1) is 28.1. The van der Waals surface area contributed by atoms with Crippen molar-refractivity contribution in [1.29, 1.82) is 0 Å². The molecule has 0 saturated carbocycles. The molecule has 0 atom stereocenters. The van der Waals surface area contributed by atoms with E-state index in [2.05, 4.69) is 228 Å². The molecule has 2 aromatic heterocycles. The summed E-state index contributed by atoms with van der Waals surface area (Å²) in [6.45, 7) is 4.29. The Kier molecular flexibility index (Phi) is 7.61. The zero-order chi connectivity index (χ0) is 38.0. The largest absolute Gasteiger partial charge is 0.310 e. The summed E-state index contributed by atoms with van der Waals surface area (Å²) in [6.07, 6.45) is 0. The van der Waals surface area contributed by atoms with Crippen LogP contribution in [0, 0.1) is 13.8 Å². The van der Waals surface area contributed by atoms with Crippen molar-refractivity contribution in [2.24, 2.45) is 0 Å². The number of anilines is 6. The van der Waals surface area contributed by atoms with Crippen molar-refractivity contribution in [3.8, 4) is 11.1 Å². The van der Waals surface area contributed by atoms with Crippen LogP contribution >= 0.6 is 0 Å². The molecule has 0 bridgehead atoms. The van der Waals surface area contributed by atoms with Gasteiger partial charge in [0.2, 0.25) is 0 Å². The Morgan fingerprint density at radius 3 is 1.49 bits per heavy atom. The molecule has 0 N–H and O–H groups in total. The van der Waals surface area contributed by atoms with E-state index in [1.165, 1.54) is 71.1 Å². The molecule has 0 radical (unpaired) electrons. The van der Waals surface area contributed by atoms with E-state index < -0.39 is 0 Å². The molecule has 0 aliphatic rings. The van der Waals surface area contributed by atoms with Gasteiger partial charge in [0.05, 0.1) is 16.6 Å². The van der Waals surface area contributed by atoms with Crippen LogP contribution < -0.4 is 9.80 Å². The van der Waals surface area contributed by atoms with E-state index in [0.29, 0.717) is 0 Å². The summed E-state index contributed by atoms with van der Waals surface area (Å²) in [6, 6.07) is 73.2. The van der Waals surface area contributed by atoms with Gasteiger partial charge < -0.3 is 14.2 Å².